The number of aromatic nitrogens is 2. The zero-order chi connectivity index (χ0) is 22.0. The number of anilines is 1. The third-order valence-electron chi connectivity index (χ3n) is 7.34. The van der Waals surface area contributed by atoms with Crippen molar-refractivity contribution in [1.82, 2.24) is 14.7 Å². The molecule has 3 aliphatic rings. The minimum Gasteiger partial charge on any atom is -0.395 e. The summed E-state index contributed by atoms with van der Waals surface area (Å²) in [6.07, 6.45) is 5.02. The van der Waals surface area contributed by atoms with E-state index in [2.05, 4.69) is 11.7 Å². The average Bonchev–Trinajstić information content (AvgIpc) is 3.43. The molecular weight excluding hydrogens is 394 g/mol. The Morgan fingerprint density at radius 1 is 1.23 bits per heavy atom. The molecule has 0 unspecified atom stereocenters. The van der Waals surface area contributed by atoms with Gasteiger partial charge in [-0.15, -0.1) is 0 Å². The van der Waals surface area contributed by atoms with Crippen LogP contribution in [0.15, 0.2) is 36.9 Å². The lowest BCUT2D eigenvalue weighted by atomic mass is 9.60. The number of carbonyl (C=O) groups is 2. The summed E-state index contributed by atoms with van der Waals surface area (Å²) in [5.41, 5.74) is 14.6. The molecule has 162 valence electrons. The normalized spacial score (nSPS) is 20.7. The number of carbonyl (C=O) groups excluding carboxylic acids is 2. The van der Waals surface area contributed by atoms with Gasteiger partial charge in [0.2, 0.25) is 5.91 Å². The van der Waals surface area contributed by atoms with Crippen LogP contribution in [0, 0.1) is 5.41 Å². The molecule has 2 aromatic rings. The van der Waals surface area contributed by atoms with Crippen LogP contribution in [0.2, 0.25) is 0 Å². The Balaban J connectivity index is 1.38. The van der Waals surface area contributed by atoms with E-state index in [0.29, 0.717) is 11.5 Å². The van der Waals surface area contributed by atoms with Crippen LogP contribution in [0.25, 0.3) is 11.3 Å². The van der Waals surface area contributed by atoms with Crippen molar-refractivity contribution in [3.63, 3.8) is 0 Å². The van der Waals surface area contributed by atoms with Gasteiger partial charge < -0.3 is 21.5 Å². The van der Waals surface area contributed by atoms with Gasteiger partial charge in [-0.3, -0.25) is 9.59 Å². The van der Waals surface area contributed by atoms with Gasteiger partial charge in [0.25, 0.3) is 5.91 Å². The van der Waals surface area contributed by atoms with Crippen molar-refractivity contribution in [2.24, 2.45) is 11.1 Å². The first-order valence-electron chi connectivity index (χ1n) is 10.6. The Labute approximate surface area is 180 Å². The summed E-state index contributed by atoms with van der Waals surface area (Å²) in [5, 5.41) is 14.3. The van der Waals surface area contributed by atoms with Crippen molar-refractivity contribution in [3.05, 3.63) is 48.0 Å². The van der Waals surface area contributed by atoms with Crippen molar-refractivity contribution in [1.29, 1.82) is 0 Å². The number of hydrogen-bond acceptors (Lipinski definition) is 5. The Morgan fingerprint density at radius 3 is 2.39 bits per heavy atom. The number of nitrogen functional groups attached to an aromatic ring is 1. The van der Waals surface area contributed by atoms with Gasteiger partial charge in [0.1, 0.15) is 17.1 Å². The highest BCUT2D eigenvalue weighted by Crippen LogP contribution is 2.55. The number of hydrogen-bond donors (Lipinski definition) is 3. The third-order valence-corrected chi connectivity index (χ3v) is 7.34. The molecule has 5 N–H and O–H groups in total. The van der Waals surface area contributed by atoms with E-state index >= 15 is 0 Å². The summed E-state index contributed by atoms with van der Waals surface area (Å²) in [4.78, 5) is 25.7. The lowest BCUT2D eigenvalue weighted by molar-refractivity contribution is -0.148. The van der Waals surface area contributed by atoms with E-state index in [1.165, 1.54) is 6.08 Å². The van der Waals surface area contributed by atoms with Crippen LogP contribution in [-0.2, 0) is 10.2 Å². The van der Waals surface area contributed by atoms with E-state index < -0.39 is 5.91 Å². The Kier molecular flexibility index (Phi) is 4.27. The smallest absolute Gasteiger partial charge is 0.254 e. The minimum atomic E-state index is -0.600. The molecule has 2 saturated carbocycles. The van der Waals surface area contributed by atoms with E-state index in [-0.39, 0.29) is 34.9 Å². The van der Waals surface area contributed by atoms with Gasteiger partial charge in [-0.25, -0.2) is 4.68 Å². The number of aliphatic hydroxyl groups is 1. The van der Waals surface area contributed by atoms with Crippen LogP contribution < -0.4 is 11.5 Å². The predicted octanol–water partition coefficient (Wildman–Crippen LogP) is 1.60. The number of primary amides is 1. The zero-order valence-corrected chi connectivity index (χ0v) is 17.4. The highest BCUT2D eigenvalue weighted by molar-refractivity contribution is 6.03. The van der Waals surface area contributed by atoms with Crippen molar-refractivity contribution in [3.8, 4) is 11.3 Å². The summed E-state index contributed by atoms with van der Waals surface area (Å²) in [6.45, 7) is 5.12. The molecular formula is C23H27N5O3. The molecule has 1 aliphatic heterocycles. The number of nitrogens with zero attached hydrogens (tertiary/aromatic N) is 3. The monoisotopic (exact) mass is 421 g/mol. The number of rotatable bonds is 6. The van der Waals surface area contributed by atoms with Crippen molar-refractivity contribution in [2.75, 3.05) is 25.4 Å². The standard InChI is InChI=1S/C23H27N5O3/c1-2-17(30)27-11-22(12-27)9-16(10-22)28-20(24)18(21(25)31)19(26-28)14-3-5-15(6-4-14)23(13-29)7-8-23/h2-6,16,29H,1,7-13,24H2,(H2,25,31). The van der Waals surface area contributed by atoms with Gasteiger partial charge >= 0.3 is 0 Å². The fourth-order valence-electron chi connectivity index (χ4n) is 5.26. The zero-order valence-electron chi connectivity index (χ0n) is 17.4. The van der Waals surface area contributed by atoms with Gasteiger partial charge in [-0.1, -0.05) is 30.8 Å². The lowest BCUT2D eigenvalue weighted by Gasteiger charge is -2.58. The maximum atomic E-state index is 12.2. The summed E-state index contributed by atoms with van der Waals surface area (Å²) in [5.74, 6) is -0.348. The maximum Gasteiger partial charge on any atom is 0.254 e. The lowest BCUT2D eigenvalue weighted by Crippen LogP contribution is -2.63. The first-order valence-corrected chi connectivity index (χ1v) is 10.6. The topological polar surface area (TPSA) is 127 Å². The highest BCUT2D eigenvalue weighted by atomic mass is 16.3. The van der Waals surface area contributed by atoms with E-state index in [1.807, 2.05) is 24.3 Å². The molecule has 3 fully saturated rings. The fraction of sp³-hybridized carbons (Fsp3) is 0.435. The summed E-state index contributed by atoms with van der Waals surface area (Å²) >= 11 is 0. The molecule has 0 atom stereocenters. The van der Waals surface area contributed by atoms with Gasteiger partial charge in [-0.05, 0) is 37.3 Å². The number of benzene rings is 1. The number of nitrogens with two attached hydrogens (primary N) is 2. The van der Waals surface area contributed by atoms with E-state index in [9.17, 15) is 14.7 Å². The SMILES string of the molecule is C=CC(=O)N1CC2(CC(n3nc(-c4ccc(C5(CO)CC5)cc4)c(C(N)=O)c3N)C2)C1. The molecule has 1 aromatic carbocycles. The average molecular weight is 422 g/mol. The Hall–Kier alpha value is -3.13. The Bertz CT molecular complexity index is 1070. The van der Waals surface area contributed by atoms with Crippen molar-refractivity contribution < 1.29 is 14.7 Å². The third kappa shape index (κ3) is 2.96. The molecule has 0 bridgehead atoms. The van der Waals surface area contributed by atoms with Gasteiger partial charge in [0, 0.05) is 29.5 Å². The summed E-state index contributed by atoms with van der Waals surface area (Å²) in [6, 6.07) is 7.87. The summed E-state index contributed by atoms with van der Waals surface area (Å²) < 4.78 is 1.72. The molecule has 0 radical (unpaired) electrons. The molecule has 1 spiro atoms. The second-order valence-corrected chi connectivity index (χ2v) is 9.39. The number of aliphatic hydroxyl groups excluding tert-OH is 1. The highest BCUT2D eigenvalue weighted by Gasteiger charge is 2.54. The van der Waals surface area contributed by atoms with Crippen LogP contribution >= 0.6 is 0 Å². The van der Waals surface area contributed by atoms with Crippen LogP contribution in [-0.4, -0.2) is 51.3 Å². The van der Waals surface area contributed by atoms with Crippen molar-refractivity contribution in [2.45, 2.75) is 37.1 Å². The van der Waals surface area contributed by atoms with Gasteiger partial charge in [-0.2, -0.15) is 5.10 Å². The van der Waals surface area contributed by atoms with E-state index in [1.54, 1.807) is 9.58 Å². The second kappa shape index (κ2) is 6.68. The fourth-order valence-corrected chi connectivity index (χ4v) is 5.26. The molecule has 31 heavy (non-hydrogen) atoms. The predicted molar refractivity (Wildman–Crippen MR) is 116 cm³/mol. The van der Waals surface area contributed by atoms with E-state index in [0.717, 1.165) is 49.9 Å². The minimum absolute atomic E-state index is 0.0383. The molecule has 5 rings (SSSR count). The molecule has 8 nitrogen and oxygen atoms in total. The van der Waals surface area contributed by atoms with Crippen LogP contribution in [0.4, 0.5) is 5.82 Å². The van der Waals surface area contributed by atoms with Gasteiger partial charge in [0.15, 0.2) is 0 Å². The molecule has 8 heteroatoms. The van der Waals surface area contributed by atoms with Gasteiger partial charge in [0.05, 0.1) is 12.6 Å². The number of likely N-dealkylation sites (tertiary alicyclic amines) is 1. The number of amides is 2. The first-order chi connectivity index (χ1) is 14.8. The Morgan fingerprint density at radius 2 is 1.87 bits per heavy atom. The first kappa shape index (κ1) is 19.8. The van der Waals surface area contributed by atoms with Crippen LogP contribution in [0.3, 0.4) is 0 Å². The maximum absolute atomic E-state index is 12.2. The van der Waals surface area contributed by atoms with Crippen LogP contribution in [0.1, 0.15) is 47.6 Å². The van der Waals surface area contributed by atoms with Crippen LogP contribution in [0.5, 0.6) is 0 Å². The van der Waals surface area contributed by atoms with Crippen molar-refractivity contribution >= 4 is 17.6 Å². The molecule has 2 aliphatic carbocycles. The quantitative estimate of drug-likeness (QED) is 0.611. The molecule has 1 saturated heterocycles. The largest absolute Gasteiger partial charge is 0.395 e. The second-order valence-electron chi connectivity index (χ2n) is 9.39. The molecule has 2 amide bonds. The summed E-state index contributed by atoms with van der Waals surface area (Å²) in [7, 11) is 0. The molecule has 2 heterocycles. The molecule has 1 aromatic heterocycles. The van der Waals surface area contributed by atoms with E-state index in [4.69, 9.17) is 11.5 Å².